The Balaban J connectivity index is 3.88. The van der Waals surface area contributed by atoms with Crippen LogP contribution < -0.4 is 11.1 Å². The van der Waals surface area contributed by atoms with E-state index in [-0.39, 0.29) is 11.9 Å². The van der Waals surface area contributed by atoms with Crippen molar-refractivity contribution in [2.75, 3.05) is 6.54 Å². The van der Waals surface area contributed by atoms with Gasteiger partial charge in [-0.2, -0.15) is 0 Å². The van der Waals surface area contributed by atoms with Crippen LogP contribution in [0.25, 0.3) is 0 Å². The zero-order chi connectivity index (χ0) is 13.1. The molecule has 0 aliphatic heterocycles. The molecule has 98 valence electrons. The quantitative estimate of drug-likeness (QED) is 0.604. The Morgan fingerprint density at radius 1 is 1.35 bits per heavy atom. The van der Waals surface area contributed by atoms with E-state index in [1.807, 2.05) is 0 Å². The highest BCUT2D eigenvalue weighted by Gasteiger charge is 2.11. The number of terminal acetylenes is 1. The van der Waals surface area contributed by atoms with E-state index in [4.69, 9.17) is 12.2 Å². The molecule has 0 rings (SSSR count). The third kappa shape index (κ3) is 7.82. The van der Waals surface area contributed by atoms with E-state index in [1.54, 1.807) is 0 Å². The molecular formula is C14H26N2O. The van der Waals surface area contributed by atoms with E-state index in [0.29, 0.717) is 18.9 Å². The van der Waals surface area contributed by atoms with Crippen LogP contribution in [0.3, 0.4) is 0 Å². The van der Waals surface area contributed by atoms with Crippen molar-refractivity contribution in [3.63, 3.8) is 0 Å². The molecule has 0 saturated heterocycles. The van der Waals surface area contributed by atoms with Gasteiger partial charge < -0.3 is 11.1 Å². The lowest BCUT2D eigenvalue weighted by atomic mass is 9.96. The predicted octanol–water partition coefficient (Wildman–Crippen LogP) is 2.06. The van der Waals surface area contributed by atoms with Crippen LogP contribution in [0.1, 0.15) is 52.4 Å². The summed E-state index contributed by atoms with van der Waals surface area (Å²) in [5, 5.41) is 2.88. The van der Waals surface area contributed by atoms with E-state index in [1.165, 1.54) is 0 Å². The van der Waals surface area contributed by atoms with E-state index < -0.39 is 0 Å². The van der Waals surface area contributed by atoms with Gasteiger partial charge in [-0.05, 0) is 31.7 Å². The first-order chi connectivity index (χ1) is 8.17. The standard InChI is InChI=1S/C14H26N2O/c1-4-7-13(6-3)16-14(17)9-8-12(5-2)10-11-15/h3,12-13H,4-5,7-11,15H2,1-2H3,(H,16,17). The van der Waals surface area contributed by atoms with Crippen molar-refractivity contribution >= 4 is 5.91 Å². The van der Waals surface area contributed by atoms with Crippen LogP contribution in [-0.4, -0.2) is 18.5 Å². The number of nitrogens with one attached hydrogen (secondary N) is 1. The van der Waals surface area contributed by atoms with Crippen molar-refractivity contribution in [2.45, 2.75) is 58.4 Å². The van der Waals surface area contributed by atoms with E-state index in [2.05, 4.69) is 25.1 Å². The maximum atomic E-state index is 11.7. The van der Waals surface area contributed by atoms with Gasteiger partial charge in [-0.15, -0.1) is 6.42 Å². The van der Waals surface area contributed by atoms with Gasteiger partial charge >= 0.3 is 0 Å². The third-order valence-corrected chi connectivity index (χ3v) is 3.05. The van der Waals surface area contributed by atoms with Gasteiger partial charge in [0.15, 0.2) is 0 Å². The highest BCUT2D eigenvalue weighted by Crippen LogP contribution is 2.14. The minimum atomic E-state index is -0.109. The van der Waals surface area contributed by atoms with Gasteiger partial charge in [0.05, 0.1) is 6.04 Å². The molecule has 1 amide bonds. The zero-order valence-corrected chi connectivity index (χ0v) is 11.2. The van der Waals surface area contributed by atoms with Gasteiger partial charge in [0.1, 0.15) is 0 Å². The number of nitrogens with two attached hydrogens (primary N) is 1. The monoisotopic (exact) mass is 238 g/mol. The normalized spacial score (nSPS) is 13.8. The summed E-state index contributed by atoms with van der Waals surface area (Å²) < 4.78 is 0. The summed E-state index contributed by atoms with van der Waals surface area (Å²) in [5.41, 5.74) is 5.53. The van der Waals surface area contributed by atoms with Gasteiger partial charge in [0.25, 0.3) is 0 Å². The van der Waals surface area contributed by atoms with Crippen LogP contribution in [0.4, 0.5) is 0 Å². The van der Waals surface area contributed by atoms with Crippen molar-refractivity contribution in [3.8, 4) is 12.3 Å². The zero-order valence-electron chi connectivity index (χ0n) is 11.2. The lowest BCUT2D eigenvalue weighted by Gasteiger charge is -2.15. The minimum absolute atomic E-state index is 0.0665. The summed E-state index contributed by atoms with van der Waals surface area (Å²) in [5.74, 6) is 3.23. The van der Waals surface area contributed by atoms with E-state index in [0.717, 1.165) is 32.1 Å². The predicted molar refractivity (Wildman–Crippen MR) is 72.4 cm³/mol. The van der Waals surface area contributed by atoms with E-state index in [9.17, 15) is 4.79 Å². The summed E-state index contributed by atoms with van der Waals surface area (Å²) in [6, 6.07) is -0.109. The van der Waals surface area contributed by atoms with Crippen molar-refractivity contribution in [3.05, 3.63) is 0 Å². The maximum absolute atomic E-state index is 11.7. The van der Waals surface area contributed by atoms with Gasteiger partial charge in [0.2, 0.25) is 5.91 Å². The van der Waals surface area contributed by atoms with Gasteiger partial charge in [-0.25, -0.2) is 0 Å². The van der Waals surface area contributed by atoms with Gasteiger partial charge in [-0.3, -0.25) is 4.79 Å². The first kappa shape index (κ1) is 16.0. The largest absolute Gasteiger partial charge is 0.342 e. The lowest BCUT2D eigenvalue weighted by Crippen LogP contribution is -2.33. The molecule has 3 N–H and O–H groups in total. The molecule has 0 aromatic rings. The summed E-state index contributed by atoms with van der Waals surface area (Å²) >= 11 is 0. The molecule has 0 aromatic heterocycles. The number of rotatable bonds is 9. The first-order valence-electron chi connectivity index (χ1n) is 6.63. The van der Waals surface area contributed by atoms with Crippen LogP contribution in [0.5, 0.6) is 0 Å². The molecule has 0 aliphatic carbocycles. The van der Waals surface area contributed by atoms with Crippen molar-refractivity contribution in [2.24, 2.45) is 11.7 Å². The van der Waals surface area contributed by atoms with Crippen LogP contribution in [0.2, 0.25) is 0 Å². The summed E-state index contributed by atoms with van der Waals surface area (Å²) in [4.78, 5) is 11.7. The second kappa shape index (κ2) is 10.2. The summed E-state index contributed by atoms with van der Waals surface area (Å²) in [7, 11) is 0. The molecule has 3 nitrogen and oxygen atoms in total. The molecule has 17 heavy (non-hydrogen) atoms. The molecule has 0 spiro atoms. The van der Waals surface area contributed by atoms with Gasteiger partial charge in [-0.1, -0.05) is 32.6 Å². The molecule has 0 radical (unpaired) electrons. The first-order valence-corrected chi connectivity index (χ1v) is 6.63. The number of amides is 1. The number of carbonyl (C=O) groups is 1. The smallest absolute Gasteiger partial charge is 0.220 e. The average molecular weight is 238 g/mol. The molecule has 0 aromatic carbocycles. The SMILES string of the molecule is C#CC(CCC)NC(=O)CCC(CC)CCN. The Labute approximate surface area is 106 Å². The Morgan fingerprint density at radius 2 is 2.06 bits per heavy atom. The fraction of sp³-hybridized carbons (Fsp3) is 0.786. The fourth-order valence-corrected chi connectivity index (χ4v) is 1.88. The van der Waals surface area contributed by atoms with Crippen LogP contribution >= 0.6 is 0 Å². The fourth-order valence-electron chi connectivity index (χ4n) is 1.88. The van der Waals surface area contributed by atoms with Crippen molar-refractivity contribution < 1.29 is 4.79 Å². The molecule has 0 fully saturated rings. The number of carbonyl (C=O) groups excluding carboxylic acids is 1. The summed E-state index contributed by atoms with van der Waals surface area (Å²) in [6.45, 7) is 4.90. The lowest BCUT2D eigenvalue weighted by molar-refractivity contribution is -0.121. The topological polar surface area (TPSA) is 55.1 Å². The molecule has 0 bridgehead atoms. The molecule has 3 heteroatoms. The van der Waals surface area contributed by atoms with Crippen LogP contribution in [0, 0.1) is 18.3 Å². The number of hydrogen-bond acceptors (Lipinski definition) is 2. The van der Waals surface area contributed by atoms with Crippen LogP contribution in [-0.2, 0) is 4.79 Å². The Bertz CT molecular complexity index is 245. The Hall–Kier alpha value is -1.01. The van der Waals surface area contributed by atoms with Crippen molar-refractivity contribution in [1.82, 2.24) is 5.32 Å². The Kier molecular flexibility index (Phi) is 9.56. The molecule has 0 aliphatic rings. The highest BCUT2D eigenvalue weighted by molar-refractivity contribution is 5.76. The second-order valence-corrected chi connectivity index (χ2v) is 4.47. The highest BCUT2D eigenvalue weighted by atomic mass is 16.1. The molecule has 0 saturated carbocycles. The molecule has 2 atom stereocenters. The maximum Gasteiger partial charge on any atom is 0.220 e. The third-order valence-electron chi connectivity index (χ3n) is 3.05. The van der Waals surface area contributed by atoms with E-state index >= 15 is 0 Å². The summed E-state index contributed by atoms with van der Waals surface area (Å²) in [6.07, 6.45) is 10.7. The van der Waals surface area contributed by atoms with Crippen LogP contribution in [0.15, 0.2) is 0 Å². The van der Waals surface area contributed by atoms with Crippen molar-refractivity contribution in [1.29, 1.82) is 0 Å². The number of hydrogen-bond donors (Lipinski definition) is 2. The Morgan fingerprint density at radius 3 is 2.53 bits per heavy atom. The molecule has 2 unspecified atom stereocenters. The minimum Gasteiger partial charge on any atom is -0.342 e. The second-order valence-electron chi connectivity index (χ2n) is 4.47. The average Bonchev–Trinajstić information content (AvgIpc) is 2.33. The molecule has 0 heterocycles. The molecular weight excluding hydrogens is 212 g/mol. The van der Waals surface area contributed by atoms with Gasteiger partial charge in [0, 0.05) is 6.42 Å².